The van der Waals surface area contributed by atoms with Crippen LogP contribution in [0.25, 0.3) is 0 Å². The number of rotatable bonds is 4. The van der Waals surface area contributed by atoms with Crippen molar-refractivity contribution in [2.75, 3.05) is 20.2 Å². The number of hydrogen-bond donors (Lipinski definition) is 0. The van der Waals surface area contributed by atoms with Crippen LogP contribution in [0.1, 0.15) is 16.8 Å². The molecule has 1 amide bonds. The van der Waals surface area contributed by atoms with E-state index in [1.807, 2.05) is 18.2 Å². The number of carbonyl (C=O) groups is 1. The summed E-state index contributed by atoms with van der Waals surface area (Å²) in [7, 11) is 3.28. The van der Waals surface area contributed by atoms with Crippen LogP contribution < -0.4 is 9.47 Å². The van der Waals surface area contributed by atoms with E-state index in [1.54, 1.807) is 22.8 Å². The summed E-state index contributed by atoms with van der Waals surface area (Å²) in [4.78, 5) is 18.5. The van der Waals surface area contributed by atoms with Crippen molar-refractivity contribution in [1.82, 2.24) is 19.7 Å². The van der Waals surface area contributed by atoms with E-state index in [0.29, 0.717) is 30.4 Å². The third-order valence-electron chi connectivity index (χ3n) is 3.67. The summed E-state index contributed by atoms with van der Waals surface area (Å²) in [6.07, 6.45) is 3.97. The molecule has 7 heteroatoms. The van der Waals surface area contributed by atoms with E-state index in [-0.39, 0.29) is 12.0 Å². The lowest BCUT2D eigenvalue weighted by molar-refractivity contribution is 0.0767. The third kappa shape index (κ3) is 2.74. The second-order valence-corrected chi connectivity index (χ2v) is 5.14. The molecular weight excluding hydrogens is 284 g/mol. The van der Waals surface area contributed by atoms with Crippen molar-refractivity contribution < 1.29 is 14.3 Å². The summed E-state index contributed by atoms with van der Waals surface area (Å²) < 4.78 is 12.6. The Hall–Kier alpha value is -2.57. The molecule has 1 unspecified atom stereocenters. The van der Waals surface area contributed by atoms with Gasteiger partial charge in [-0.2, -0.15) is 5.10 Å². The van der Waals surface area contributed by atoms with E-state index in [1.165, 1.54) is 13.3 Å². The zero-order chi connectivity index (χ0) is 15.5. The van der Waals surface area contributed by atoms with Crippen LogP contribution in [0.3, 0.4) is 0 Å². The number of pyridine rings is 1. The molecule has 1 fully saturated rings. The van der Waals surface area contributed by atoms with Crippen LogP contribution in [0.15, 0.2) is 30.6 Å². The molecule has 2 aromatic rings. The quantitative estimate of drug-likeness (QED) is 0.846. The smallest absolute Gasteiger partial charge is 0.261 e. The SMILES string of the molecule is COc1c(C(=O)N2CCC(Oc3ccccn3)C2)cnn1C. The molecule has 0 spiro atoms. The normalized spacial score (nSPS) is 17.5. The van der Waals surface area contributed by atoms with Crippen LogP contribution in [0.5, 0.6) is 11.8 Å². The molecule has 0 N–H and O–H groups in total. The Morgan fingerprint density at radius 2 is 2.27 bits per heavy atom. The maximum Gasteiger partial charge on any atom is 0.261 e. The highest BCUT2D eigenvalue weighted by atomic mass is 16.5. The van der Waals surface area contributed by atoms with Gasteiger partial charge < -0.3 is 14.4 Å². The molecule has 22 heavy (non-hydrogen) atoms. The number of likely N-dealkylation sites (tertiary alicyclic amines) is 1. The molecule has 1 atom stereocenters. The minimum atomic E-state index is -0.0860. The molecule has 3 rings (SSSR count). The molecule has 116 valence electrons. The lowest BCUT2D eigenvalue weighted by atomic mass is 10.3. The first-order valence-electron chi connectivity index (χ1n) is 7.12. The van der Waals surface area contributed by atoms with Gasteiger partial charge in [0.05, 0.1) is 19.9 Å². The van der Waals surface area contributed by atoms with Crippen molar-refractivity contribution in [3.8, 4) is 11.8 Å². The number of methoxy groups -OCH3 is 1. The molecule has 0 bridgehead atoms. The summed E-state index contributed by atoms with van der Waals surface area (Å²) in [6, 6.07) is 5.53. The number of carbonyl (C=O) groups excluding carboxylic acids is 1. The maximum atomic E-state index is 12.6. The van der Waals surface area contributed by atoms with Crippen molar-refractivity contribution in [2.24, 2.45) is 7.05 Å². The van der Waals surface area contributed by atoms with Gasteiger partial charge in [-0.25, -0.2) is 9.67 Å². The Morgan fingerprint density at radius 3 is 3.00 bits per heavy atom. The number of ether oxygens (including phenoxy) is 2. The molecule has 0 aliphatic carbocycles. The zero-order valence-electron chi connectivity index (χ0n) is 12.6. The van der Waals surface area contributed by atoms with Gasteiger partial charge >= 0.3 is 0 Å². The molecule has 3 heterocycles. The van der Waals surface area contributed by atoms with E-state index >= 15 is 0 Å². The Balaban J connectivity index is 1.66. The lowest BCUT2D eigenvalue weighted by Crippen LogP contribution is -2.31. The monoisotopic (exact) mass is 302 g/mol. The van der Waals surface area contributed by atoms with E-state index in [0.717, 1.165) is 6.42 Å². The van der Waals surface area contributed by atoms with Gasteiger partial charge in [-0.3, -0.25) is 4.79 Å². The first-order chi connectivity index (χ1) is 10.7. The Bertz CT molecular complexity index is 656. The zero-order valence-corrected chi connectivity index (χ0v) is 12.6. The van der Waals surface area contributed by atoms with Gasteiger partial charge in [-0.05, 0) is 6.07 Å². The topological polar surface area (TPSA) is 69.5 Å². The highest BCUT2D eigenvalue weighted by Crippen LogP contribution is 2.22. The van der Waals surface area contributed by atoms with Gasteiger partial charge in [-0.1, -0.05) is 6.07 Å². The molecule has 1 saturated heterocycles. The van der Waals surface area contributed by atoms with Crippen LogP contribution in [0.2, 0.25) is 0 Å². The minimum absolute atomic E-state index is 0.0403. The van der Waals surface area contributed by atoms with Crippen LogP contribution in [0.4, 0.5) is 0 Å². The first-order valence-corrected chi connectivity index (χ1v) is 7.12. The molecule has 0 radical (unpaired) electrons. The highest BCUT2D eigenvalue weighted by Gasteiger charge is 2.31. The van der Waals surface area contributed by atoms with Crippen LogP contribution >= 0.6 is 0 Å². The van der Waals surface area contributed by atoms with Crippen molar-refractivity contribution in [3.05, 3.63) is 36.2 Å². The molecule has 7 nitrogen and oxygen atoms in total. The van der Waals surface area contributed by atoms with Crippen molar-refractivity contribution in [1.29, 1.82) is 0 Å². The van der Waals surface area contributed by atoms with Crippen LogP contribution in [-0.2, 0) is 7.05 Å². The molecule has 0 aromatic carbocycles. The van der Waals surface area contributed by atoms with Gasteiger partial charge in [0, 0.05) is 32.3 Å². The third-order valence-corrected chi connectivity index (χ3v) is 3.67. The largest absolute Gasteiger partial charge is 0.481 e. The predicted octanol–water partition coefficient (Wildman–Crippen LogP) is 1.12. The molecule has 1 aliphatic heterocycles. The second-order valence-electron chi connectivity index (χ2n) is 5.14. The minimum Gasteiger partial charge on any atom is -0.481 e. The van der Waals surface area contributed by atoms with Crippen molar-refractivity contribution in [3.63, 3.8) is 0 Å². The van der Waals surface area contributed by atoms with Gasteiger partial charge in [0.1, 0.15) is 11.7 Å². The van der Waals surface area contributed by atoms with Gasteiger partial charge in [0.15, 0.2) is 0 Å². The summed E-state index contributed by atoms with van der Waals surface area (Å²) in [5.41, 5.74) is 0.475. The van der Waals surface area contributed by atoms with Gasteiger partial charge in [0.25, 0.3) is 5.91 Å². The van der Waals surface area contributed by atoms with Crippen molar-refractivity contribution in [2.45, 2.75) is 12.5 Å². The lowest BCUT2D eigenvalue weighted by Gasteiger charge is -2.16. The molecular formula is C15H18N4O3. The van der Waals surface area contributed by atoms with Crippen molar-refractivity contribution >= 4 is 5.91 Å². The molecule has 1 aliphatic rings. The first kappa shape index (κ1) is 14.4. The molecule has 0 saturated carbocycles. The second kappa shape index (κ2) is 6.05. The highest BCUT2D eigenvalue weighted by molar-refractivity contribution is 5.96. The standard InChI is InChI=1S/C15H18N4O3/c1-18-15(21-2)12(9-17-18)14(20)19-8-6-11(10-19)22-13-5-3-4-7-16-13/h3-5,7,9,11H,6,8,10H2,1-2H3. The average molecular weight is 302 g/mol. The van der Waals surface area contributed by atoms with Gasteiger partial charge in [0.2, 0.25) is 11.8 Å². The van der Waals surface area contributed by atoms with E-state index in [9.17, 15) is 4.79 Å². The summed E-state index contributed by atoms with van der Waals surface area (Å²) in [6.45, 7) is 1.18. The summed E-state index contributed by atoms with van der Waals surface area (Å²) in [5, 5.41) is 4.07. The fraction of sp³-hybridized carbons (Fsp3) is 0.400. The average Bonchev–Trinajstić information content (AvgIpc) is 3.14. The number of aryl methyl sites for hydroxylation is 1. The Kier molecular flexibility index (Phi) is 3.95. The van der Waals surface area contributed by atoms with Gasteiger partial charge in [-0.15, -0.1) is 0 Å². The van der Waals surface area contributed by atoms with E-state index in [4.69, 9.17) is 9.47 Å². The predicted molar refractivity (Wildman–Crippen MR) is 78.9 cm³/mol. The summed E-state index contributed by atoms with van der Waals surface area (Å²) in [5.74, 6) is 0.969. The maximum absolute atomic E-state index is 12.6. The number of aromatic nitrogens is 3. The molecule has 2 aromatic heterocycles. The summed E-state index contributed by atoms with van der Waals surface area (Å²) >= 11 is 0. The Labute approximate surface area is 128 Å². The number of amides is 1. The van der Waals surface area contributed by atoms with Crippen LogP contribution in [-0.4, -0.2) is 51.9 Å². The Morgan fingerprint density at radius 1 is 1.41 bits per heavy atom. The van der Waals surface area contributed by atoms with Crippen LogP contribution in [0, 0.1) is 0 Å². The van der Waals surface area contributed by atoms with E-state index < -0.39 is 0 Å². The fourth-order valence-electron chi connectivity index (χ4n) is 2.58. The number of hydrogen-bond acceptors (Lipinski definition) is 5. The fourth-order valence-corrected chi connectivity index (χ4v) is 2.58. The number of nitrogens with zero attached hydrogens (tertiary/aromatic N) is 4. The van der Waals surface area contributed by atoms with E-state index in [2.05, 4.69) is 10.1 Å².